The third-order valence-corrected chi connectivity index (χ3v) is 4.32. The summed E-state index contributed by atoms with van der Waals surface area (Å²) in [6.07, 6.45) is 0. The topological polar surface area (TPSA) is 80.1 Å². The average Bonchev–Trinajstić information content (AvgIpc) is 2.91. The second-order valence-corrected chi connectivity index (χ2v) is 6.40. The summed E-state index contributed by atoms with van der Waals surface area (Å²) in [5, 5.41) is 11.5. The van der Waals surface area contributed by atoms with Gasteiger partial charge in [-0.15, -0.1) is 10.2 Å². The zero-order chi connectivity index (χ0) is 17.5. The molecule has 2 aromatic rings. The third-order valence-electron chi connectivity index (χ3n) is 3.35. The maximum atomic E-state index is 11.9. The van der Waals surface area contributed by atoms with E-state index in [4.69, 9.17) is 0 Å². The maximum absolute atomic E-state index is 11.9. The highest BCUT2D eigenvalue weighted by molar-refractivity contribution is 7.99. The van der Waals surface area contributed by atoms with Gasteiger partial charge >= 0.3 is 0 Å². The van der Waals surface area contributed by atoms with Crippen molar-refractivity contribution in [1.82, 2.24) is 25.0 Å². The van der Waals surface area contributed by atoms with E-state index in [0.29, 0.717) is 11.7 Å². The first-order chi connectivity index (χ1) is 11.5. The van der Waals surface area contributed by atoms with Gasteiger partial charge in [-0.2, -0.15) is 0 Å². The summed E-state index contributed by atoms with van der Waals surface area (Å²) >= 11 is 1.31. The summed E-state index contributed by atoms with van der Waals surface area (Å²) in [4.78, 5) is 24.8. The fourth-order valence-corrected chi connectivity index (χ4v) is 2.74. The smallest absolute Gasteiger partial charge is 0.241 e. The van der Waals surface area contributed by atoms with Crippen molar-refractivity contribution in [1.29, 1.82) is 0 Å². The number of benzene rings is 1. The third kappa shape index (κ3) is 5.09. The van der Waals surface area contributed by atoms with Gasteiger partial charge in [0.15, 0.2) is 5.16 Å². The van der Waals surface area contributed by atoms with Gasteiger partial charge in [-0.3, -0.25) is 9.59 Å². The molecule has 0 saturated heterocycles. The van der Waals surface area contributed by atoms with Gasteiger partial charge in [0.25, 0.3) is 0 Å². The highest BCUT2D eigenvalue weighted by atomic mass is 32.2. The minimum absolute atomic E-state index is 0.00211. The second kappa shape index (κ2) is 8.49. The van der Waals surface area contributed by atoms with Crippen LogP contribution in [-0.2, 0) is 16.1 Å². The van der Waals surface area contributed by atoms with Crippen LogP contribution in [0, 0.1) is 6.92 Å². The lowest BCUT2D eigenvalue weighted by Gasteiger charge is -2.11. The van der Waals surface area contributed by atoms with Crippen LogP contribution in [0.2, 0.25) is 0 Å². The largest absolute Gasteiger partial charge is 0.347 e. The molecule has 0 aliphatic carbocycles. The summed E-state index contributed by atoms with van der Waals surface area (Å²) < 4.78 is 1.97. The Kier molecular flexibility index (Phi) is 6.36. The molecule has 1 heterocycles. The first-order valence-corrected chi connectivity index (χ1v) is 8.49. The van der Waals surface area contributed by atoms with Crippen molar-refractivity contribution in [2.75, 3.05) is 26.4 Å². The lowest BCUT2D eigenvalue weighted by Crippen LogP contribution is -2.37. The van der Waals surface area contributed by atoms with E-state index in [1.165, 1.54) is 16.7 Å². The van der Waals surface area contributed by atoms with Gasteiger partial charge in [0.2, 0.25) is 11.8 Å². The molecule has 2 amide bonds. The Morgan fingerprint density at radius 3 is 2.58 bits per heavy atom. The van der Waals surface area contributed by atoms with E-state index in [2.05, 4.69) is 15.5 Å². The first kappa shape index (κ1) is 18.0. The zero-order valence-electron chi connectivity index (χ0n) is 14.0. The summed E-state index contributed by atoms with van der Waals surface area (Å²) in [7, 11) is 3.30. The van der Waals surface area contributed by atoms with Crippen LogP contribution in [0.1, 0.15) is 11.4 Å². The molecule has 0 spiro atoms. The number of likely N-dealkylation sites (N-methyl/N-ethyl adjacent to an activating group) is 1. The monoisotopic (exact) mass is 347 g/mol. The van der Waals surface area contributed by atoms with E-state index in [1.54, 1.807) is 14.1 Å². The van der Waals surface area contributed by atoms with Gasteiger partial charge in [-0.05, 0) is 12.5 Å². The van der Waals surface area contributed by atoms with Gasteiger partial charge in [0, 0.05) is 14.1 Å². The minimum Gasteiger partial charge on any atom is -0.347 e. The Morgan fingerprint density at radius 2 is 1.92 bits per heavy atom. The van der Waals surface area contributed by atoms with Crippen LogP contribution in [0.25, 0.3) is 0 Å². The van der Waals surface area contributed by atoms with Crippen LogP contribution in [-0.4, -0.2) is 57.9 Å². The molecule has 1 aromatic heterocycles. The SMILES string of the molecule is Cc1nnc(SCC(=O)NCC(=O)N(C)C)n1Cc1ccccc1. The van der Waals surface area contributed by atoms with Crippen molar-refractivity contribution in [3.8, 4) is 0 Å². The van der Waals surface area contributed by atoms with Crippen molar-refractivity contribution in [2.24, 2.45) is 0 Å². The molecule has 7 nitrogen and oxygen atoms in total. The van der Waals surface area contributed by atoms with Crippen LogP contribution in [0.15, 0.2) is 35.5 Å². The molecule has 0 atom stereocenters. The molecule has 1 N–H and O–H groups in total. The van der Waals surface area contributed by atoms with E-state index >= 15 is 0 Å². The van der Waals surface area contributed by atoms with Crippen LogP contribution in [0.3, 0.4) is 0 Å². The Labute approximate surface area is 145 Å². The predicted octanol–water partition coefficient (Wildman–Crippen LogP) is 0.931. The molecular weight excluding hydrogens is 326 g/mol. The Morgan fingerprint density at radius 1 is 1.21 bits per heavy atom. The number of carbonyl (C=O) groups excluding carboxylic acids is 2. The van der Waals surface area contributed by atoms with Crippen molar-refractivity contribution in [3.63, 3.8) is 0 Å². The number of rotatable bonds is 7. The number of amides is 2. The molecule has 0 saturated carbocycles. The molecule has 0 bridgehead atoms. The fourth-order valence-electron chi connectivity index (χ4n) is 1.93. The van der Waals surface area contributed by atoms with Gasteiger partial charge < -0.3 is 14.8 Å². The lowest BCUT2D eigenvalue weighted by molar-refractivity contribution is -0.130. The van der Waals surface area contributed by atoms with Crippen molar-refractivity contribution >= 4 is 23.6 Å². The summed E-state index contributed by atoms with van der Waals surface area (Å²) in [6, 6.07) is 10.0. The fraction of sp³-hybridized carbons (Fsp3) is 0.375. The molecule has 8 heteroatoms. The molecule has 128 valence electrons. The molecule has 0 aliphatic heterocycles. The van der Waals surface area contributed by atoms with Crippen LogP contribution >= 0.6 is 11.8 Å². The number of aromatic nitrogens is 3. The second-order valence-electron chi connectivity index (χ2n) is 5.46. The van der Waals surface area contributed by atoms with Crippen molar-refractivity contribution < 1.29 is 9.59 Å². The molecule has 0 aliphatic rings. The predicted molar refractivity (Wildman–Crippen MR) is 92.7 cm³/mol. The number of hydrogen-bond acceptors (Lipinski definition) is 5. The van der Waals surface area contributed by atoms with E-state index in [1.807, 2.05) is 41.8 Å². The van der Waals surface area contributed by atoms with Gasteiger partial charge in [0.1, 0.15) is 5.82 Å². The molecule has 0 radical (unpaired) electrons. The summed E-state index contributed by atoms with van der Waals surface area (Å²) in [5.41, 5.74) is 1.14. The number of hydrogen-bond donors (Lipinski definition) is 1. The van der Waals surface area contributed by atoms with Crippen molar-refractivity contribution in [3.05, 3.63) is 41.7 Å². The molecule has 0 fully saturated rings. The van der Waals surface area contributed by atoms with Gasteiger partial charge in [-0.25, -0.2) is 0 Å². The number of carbonyl (C=O) groups is 2. The quantitative estimate of drug-likeness (QED) is 0.754. The Bertz CT molecular complexity index is 700. The molecule has 2 rings (SSSR count). The normalized spacial score (nSPS) is 10.5. The average molecular weight is 347 g/mol. The van der Waals surface area contributed by atoms with Crippen LogP contribution < -0.4 is 5.32 Å². The minimum atomic E-state index is -0.206. The molecule has 24 heavy (non-hydrogen) atoms. The Balaban J connectivity index is 1.91. The van der Waals surface area contributed by atoms with E-state index in [-0.39, 0.29) is 24.1 Å². The molecule has 1 aromatic carbocycles. The van der Waals surface area contributed by atoms with Crippen LogP contribution in [0.5, 0.6) is 0 Å². The zero-order valence-corrected chi connectivity index (χ0v) is 14.8. The number of aryl methyl sites for hydroxylation is 1. The van der Waals surface area contributed by atoms with Crippen LogP contribution in [0.4, 0.5) is 0 Å². The Hall–Kier alpha value is -2.35. The first-order valence-electron chi connectivity index (χ1n) is 7.50. The van der Waals surface area contributed by atoms with Gasteiger partial charge in [-0.1, -0.05) is 42.1 Å². The standard InChI is InChI=1S/C16H21N5O2S/c1-12-18-19-16(21(12)10-13-7-5-4-6-8-13)24-11-14(22)17-9-15(23)20(2)3/h4-8H,9-11H2,1-3H3,(H,17,22). The number of nitrogens with one attached hydrogen (secondary N) is 1. The van der Waals surface area contributed by atoms with E-state index in [0.717, 1.165) is 11.4 Å². The highest BCUT2D eigenvalue weighted by Crippen LogP contribution is 2.18. The highest BCUT2D eigenvalue weighted by Gasteiger charge is 2.13. The molecular formula is C16H21N5O2S. The van der Waals surface area contributed by atoms with E-state index < -0.39 is 0 Å². The lowest BCUT2D eigenvalue weighted by atomic mass is 10.2. The summed E-state index contributed by atoms with van der Waals surface area (Å²) in [6.45, 7) is 2.54. The van der Waals surface area contributed by atoms with E-state index in [9.17, 15) is 9.59 Å². The molecule has 0 unspecified atom stereocenters. The number of nitrogens with zero attached hydrogens (tertiary/aromatic N) is 4. The number of thioether (sulfide) groups is 1. The van der Waals surface area contributed by atoms with Crippen molar-refractivity contribution in [2.45, 2.75) is 18.6 Å². The maximum Gasteiger partial charge on any atom is 0.241 e. The summed E-state index contributed by atoms with van der Waals surface area (Å²) in [5.74, 6) is 0.635. The van der Waals surface area contributed by atoms with Gasteiger partial charge in [0.05, 0.1) is 18.8 Å².